The number of nitrogens with one attached hydrogen (secondary N) is 2. The summed E-state index contributed by atoms with van der Waals surface area (Å²) < 4.78 is 233. The number of alkyl halides is 17. The molecule has 1 atom stereocenters. The molecule has 42 heavy (non-hydrogen) atoms. The topological polar surface area (TPSA) is 87.7 Å². The fourth-order valence-corrected chi connectivity index (χ4v) is 3.85. The van der Waals surface area contributed by atoms with Crippen molar-refractivity contribution in [3.05, 3.63) is 0 Å². The number of hydrogen-bond acceptors (Lipinski definition) is 3. The van der Waals surface area contributed by atoms with Gasteiger partial charge in [0.2, 0.25) is 0 Å². The minimum atomic E-state index is -8.72. The van der Waals surface area contributed by atoms with Gasteiger partial charge in [-0.15, -0.1) is 0 Å². The number of halogens is 17. The lowest BCUT2D eigenvalue weighted by molar-refractivity contribution is -0.461. The molecule has 0 heterocycles. The van der Waals surface area contributed by atoms with Crippen molar-refractivity contribution in [2.75, 3.05) is 0 Å². The van der Waals surface area contributed by atoms with Gasteiger partial charge in [0.05, 0.1) is 0 Å². The van der Waals surface area contributed by atoms with Gasteiger partial charge in [0, 0.05) is 6.42 Å². The zero-order chi connectivity index (χ0) is 33.4. The average Bonchev–Trinajstić information content (AvgIpc) is 2.84. The number of hydrazine groups is 1. The molecule has 1 unspecified atom stereocenters. The summed E-state index contributed by atoms with van der Waals surface area (Å²) in [6.45, 7) is 0. The van der Waals surface area contributed by atoms with Gasteiger partial charge in [0.1, 0.15) is 6.10 Å². The minimum absolute atomic E-state index is 0.00474. The molecule has 1 saturated carbocycles. The van der Waals surface area contributed by atoms with Crippen LogP contribution in [0.1, 0.15) is 44.9 Å². The predicted octanol–water partition coefficient (Wildman–Crippen LogP) is 7.63. The zero-order valence-corrected chi connectivity index (χ0v) is 20.2. The molecule has 0 bridgehead atoms. The van der Waals surface area contributed by atoms with Gasteiger partial charge in [0.25, 0.3) is 0 Å². The summed E-state index contributed by atoms with van der Waals surface area (Å²) in [6, 6.07) is 0. The van der Waals surface area contributed by atoms with Crippen molar-refractivity contribution in [1.29, 1.82) is 0 Å². The van der Waals surface area contributed by atoms with Crippen LogP contribution in [0.3, 0.4) is 0 Å². The fourth-order valence-electron chi connectivity index (χ4n) is 3.85. The molecule has 3 N–H and O–H groups in total. The van der Waals surface area contributed by atoms with E-state index in [2.05, 4.69) is 4.74 Å². The number of rotatable bonds is 11. The Morgan fingerprint density at radius 3 is 1.45 bits per heavy atom. The number of hydrogen-bond donors (Lipinski definition) is 3. The number of carbonyl (C=O) groups is 2. The van der Waals surface area contributed by atoms with Crippen LogP contribution in [0.2, 0.25) is 0 Å². The number of carbonyl (C=O) groups excluding carboxylic acids is 1. The maximum Gasteiger partial charge on any atom is 0.460 e. The van der Waals surface area contributed by atoms with E-state index in [1.807, 2.05) is 0 Å². The molecule has 1 aliphatic rings. The summed E-state index contributed by atoms with van der Waals surface area (Å²) in [7, 11) is 0. The number of ether oxygens (including phenoxy) is 1. The Labute approximate surface area is 222 Å². The van der Waals surface area contributed by atoms with Crippen LogP contribution in [0.15, 0.2) is 0 Å². The van der Waals surface area contributed by atoms with Gasteiger partial charge in [-0.1, -0.05) is 19.3 Å². The first kappa shape index (κ1) is 37.4. The first-order valence-electron chi connectivity index (χ1n) is 11.2. The highest BCUT2D eigenvalue weighted by Crippen LogP contribution is 2.64. The van der Waals surface area contributed by atoms with E-state index >= 15 is 0 Å². The van der Waals surface area contributed by atoms with Gasteiger partial charge in [-0.05, 0) is 25.2 Å². The van der Waals surface area contributed by atoms with Crippen LogP contribution in [0.5, 0.6) is 0 Å². The lowest BCUT2D eigenvalue weighted by Crippen LogP contribution is -2.74. The van der Waals surface area contributed by atoms with Crippen molar-refractivity contribution in [3.63, 3.8) is 0 Å². The van der Waals surface area contributed by atoms with E-state index in [1.54, 1.807) is 0 Å². The standard InChI is InChI=1S/C19H19F17N2O4/c20-12(21,7-6-9(8-4-2-1-3-5-8)42-11(41)38-37-10(39)40)13(22,23)14(24,25)15(26,27)16(28,29)17(30,31)18(32,33)19(34,35)36/h8-9,37H,1-7H2,(H,38,41)(H,39,40). The van der Waals surface area contributed by atoms with Crippen molar-refractivity contribution in [2.24, 2.45) is 5.92 Å². The summed E-state index contributed by atoms with van der Waals surface area (Å²) in [6.07, 6.45) is -16.8. The Bertz CT molecular complexity index is 964. The molecular weight excluding hydrogens is 643 g/mol. The third-order valence-corrected chi connectivity index (χ3v) is 6.24. The molecule has 1 fully saturated rings. The lowest BCUT2D eigenvalue weighted by atomic mass is 9.82. The van der Waals surface area contributed by atoms with E-state index in [9.17, 15) is 84.2 Å². The molecule has 0 aromatic heterocycles. The van der Waals surface area contributed by atoms with Gasteiger partial charge in [-0.2, -0.15) is 74.6 Å². The second-order valence-electron chi connectivity index (χ2n) is 9.08. The minimum Gasteiger partial charge on any atom is -0.464 e. The van der Waals surface area contributed by atoms with E-state index < -0.39 is 84.7 Å². The number of carboxylic acid groups (broad SMARTS) is 1. The number of amides is 2. The first-order valence-corrected chi connectivity index (χ1v) is 11.2. The Morgan fingerprint density at radius 1 is 0.643 bits per heavy atom. The van der Waals surface area contributed by atoms with E-state index in [0.717, 1.165) is 0 Å². The van der Waals surface area contributed by atoms with Gasteiger partial charge in [-0.3, -0.25) is 0 Å². The van der Waals surface area contributed by atoms with Crippen molar-refractivity contribution in [3.8, 4) is 0 Å². The zero-order valence-electron chi connectivity index (χ0n) is 20.2. The van der Waals surface area contributed by atoms with E-state index in [4.69, 9.17) is 5.11 Å². The summed E-state index contributed by atoms with van der Waals surface area (Å²) in [4.78, 5) is 22.0. The van der Waals surface area contributed by atoms with Crippen LogP contribution in [0.25, 0.3) is 0 Å². The SMILES string of the molecule is O=C(O)NNC(=O)OC(CCC(F)(F)C(F)(F)C(F)(F)C(F)(F)C(F)(F)C(F)(F)C(F)(F)C(F)(F)F)C1CCCCC1. The van der Waals surface area contributed by atoms with Crippen molar-refractivity contribution in [1.82, 2.24) is 10.9 Å². The van der Waals surface area contributed by atoms with Crippen LogP contribution in [0.4, 0.5) is 84.2 Å². The molecule has 0 aromatic rings. The molecule has 0 radical (unpaired) electrons. The molecule has 248 valence electrons. The lowest BCUT2D eigenvalue weighted by Gasteiger charge is -2.43. The molecule has 1 rings (SSSR count). The van der Waals surface area contributed by atoms with E-state index in [0.29, 0.717) is 19.3 Å². The smallest absolute Gasteiger partial charge is 0.460 e. The largest absolute Gasteiger partial charge is 0.464 e. The normalized spacial score (nSPS) is 17.9. The van der Waals surface area contributed by atoms with E-state index in [-0.39, 0.29) is 12.8 Å². The average molecular weight is 662 g/mol. The molecule has 2 amide bonds. The molecule has 0 aliphatic heterocycles. The van der Waals surface area contributed by atoms with Crippen LogP contribution in [-0.2, 0) is 4.74 Å². The van der Waals surface area contributed by atoms with Crippen molar-refractivity contribution < 1.29 is 94.1 Å². The van der Waals surface area contributed by atoms with Crippen molar-refractivity contribution >= 4 is 12.2 Å². The summed E-state index contributed by atoms with van der Waals surface area (Å²) in [5.41, 5.74) is 2.53. The molecule has 0 spiro atoms. The fraction of sp³-hybridized carbons (Fsp3) is 0.895. The maximum absolute atomic E-state index is 14.3. The molecule has 0 aromatic carbocycles. The molecule has 1 aliphatic carbocycles. The van der Waals surface area contributed by atoms with Crippen LogP contribution in [-0.4, -0.2) is 71.0 Å². The summed E-state index contributed by atoms with van der Waals surface area (Å²) in [5, 5.41) is 8.38. The van der Waals surface area contributed by atoms with Gasteiger partial charge >= 0.3 is 59.8 Å². The highest BCUT2D eigenvalue weighted by atomic mass is 19.4. The highest BCUT2D eigenvalue weighted by molar-refractivity contribution is 5.72. The van der Waals surface area contributed by atoms with Crippen LogP contribution in [0, 0.1) is 5.92 Å². The third kappa shape index (κ3) is 6.47. The molecule has 0 saturated heterocycles. The molecule has 6 nitrogen and oxygen atoms in total. The Morgan fingerprint density at radius 2 is 1.05 bits per heavy atom. The van der Waals surface area contributed by atoms with Crippen LogP contribution >= 0.6 is 0 Å². The highest BCUT2D eigenvalue weighted by Gasteiger charge is 2.95. The van der Waals surface area contributed by atoms with E-state index in [1.165, 1.54) is 10.9 Å². The Kier molecular flexibility index (Phi) is 10.5. The second-order valence-corrected chi connectivity index (χ2v) is 9.08. The van der Waals surface area contributed by atoms with Gasteiger partial charge in [-0.25, -0.2) is 20.4 Å². The summed E-state index contributed by atoms with van der Waals surface area (Å²) in [5.74, 6) is -58.1. The maximum atomic E-state index is 14.3. The second kappa shape index (κ2) is 11.8. The Balaban J connectivity index is 3.38. The monoisotopic (exact) mass is 662 g/mol. The molecule has 23 heteroatoms. The summed E-state index contributed by atoms with van der Waals surface area (Å²) >= 11 is 0. The van der Waals surface area contributed by atoms with Crippen LogP contribution < -0.4 is 10.9 Å². The van der Waals surface area contributed by atoms with Gasteiger partial charge < -0.3 is 9.84 Å². The molecular formula is C19H19F17N2O4. The van der Waals surface area contributed by atoms with Gasteiger partial charge in [0.15, 0.2) is 0 Å². The Hall–Kier alpha value is -2.65. The first-order chi connectivity index (χ1) is 18.5. The predicted molar refractivity (Wildman–Crippen MR) is 101 cm³/mol. The van der Waals surface area contributed by atoms with Crippen molar-refractivity contribution in [2.45, 2.75) is 98.7 Å². The quantitative estimate of drug-likeness (QED) is 0.157. The third-order valence-electron chi connectivity index (χ3n) is 6.24.